The van der Waals surface area contributed by atoms with Gasteiger partial charge in [-0.2, -0.15) is 0 Å². The second-order valence-electron chi connectivity index (χ2n) is 8.29. The topological polar surface area (TPSA) is 67.4 Å². The Bertz CT molecular complexity index is 935. The van der Waals surface area contributed by atoms with Gasteiger partial charge in [0, 0.05) is 25.6 Å². The minimum atomic E-state index is -2.62. The number of amides is 2. The molecule has 0 aromatic heterocycles. The molecule has 0 aliphatic rings. The number of nitrogens with one attached hydrogen (secondary N) is 2. The predicted molar refractivity (Wildman–Crippen MR) is 123 cm³/mol. The van der Waals surface area contributed by atoms with E-state index >= 15 is 0 Å². The zero-order valence-electron chi connectivity index (χ0n) is 18.5. The number of alkyl halides is 2. The van der Waals surface area contributed by atoms with Crippen molar-refractivity contribution in [1.82, 2.24) is 5.32 Å². The zero-order chi connectivity index (χ0) is 23.9. The van der Waals surface area contributed by atoms with Crippen LogP contribution in [0.3, 0.4) is 0 Å². The Balaban J connectivity index is 2.24. The van der Waals surface area contributed by atoms with Gasteiger partial charge in [-0.15, -0.1) is 0 Å². The molecular weight excluding hydrogens is 453 g/mol. The molecule has 2 aromatic rings. The summed E-state index contributed by atoms with van der Waals surface area (Å²) in [6.45, 7) is 6.05. The van der Waals surface area contributed by atoms with Crippen LogP contribution in [0.1, 0.15) is 24.4 Å². The average molecular weight is 481 g/mol. The van der Waals surface area contributed by atoms with E-state index in [1.165, 1.54) is 6.07 Å². The van der Waals surface area contributed by atoms with Gasteiger partial charge < -0.3 is 15.1 Å². The second kappa shape index (κ2) is 11.4. The highest BCUT2D eigenvalue weighted by molar-refractivity contribution is 6.88. The van der Waals surface area contributed by atoms with E-state index in [1.54, 1.807) is 43.5 Å². The van der Waals surface area contributed by atoms with Gasteiger partial charge in [-0.3, -0.25) is 9.59 Å². The van der Waals surface area contributed by atoms with Crippen LogP contribution in [0.4, 0.5) is 18.9 Å². The normalized spacial score (nSPS) is 12.5. The van der Waals surface area contributed by atoms with Gasteiger partial charge in [0.05, 0.1) is 8.07 Å². The maximum Gasteiger partial charge on any atom is 0.268 e. The molecule has 0 spiro atoms. The third-order valence-corrected chi connectivity index (χ3v) is 7.46. The van der Waals surface area contributed by atoms with E-state index in [2.05, 4.69) is 10.6 Å². The molecule has 0 fully saturated rings. The minimum absolute atomic E-state index is 0.125. The number of halogens is 3. The number of carbonyl (C=O) groups is 2. The van der Waals surface area contributed by atoms with Gasteiger partial charge in [0.15, 0.2) is 0 Å². The van der Waals surface area contributed by atoms with Gasteiger partial charge in [0.25, 0.3) is 15.7 Å². The third kappa shape index (κ3) is 7.61. The zero-order valence-corrected chi connectivity index (χ0v) is 20.5. The lowest BCUT2D eigenvalue weighted by atomic mass is 10.1. The molecule has 1 unspecified atom stereocenters. The first-order chi connectivity index (χ1) is 15.0. The predicted octanol–water partition coefficient (Wildman–Crippen LogP) is 3.10. The molecule has 0 aliphatic heterocycles. The van der Waals surface area contributed by atoms with E-state index in [4.69, 9.17) is 4.43 Å². The lowest BCUT2D eigenvalue weighted by molar-refractivity contribution is -0.127. The van der Waals surface area contributed by atoms with Crippen LogP contribution in [0.5, 0.6) is 0 Å². The molecule has 5 nitrogen and oxygen atoms in total. The maximum atomic E-state index is 14.6. The van der Waals surface area contributed by atoms with Crippen LogP contribution >= 0.6 is 0 Å². The number of benzene rings is 2. The van der Waals surface area contributed by atoms with E-state index < -0.39 is 51.0 Å². The fourth-order valence-electron chi connectivity index (χ4n) is 3.05. The lowest BCUT2D eigenvalue weighted by Gasteiger charge is -2.21. The van der Waals surface area contributed by atoms with Gasteiger partial charge in [-0.1, -0.05) is 50.0 Å². The minimum Gasteiger partial charge on any atom is -0.415 e. The van der Waals surface area contributed by atoms with Crippen molar-refractivity contribution < 1.29 is 27.2 Å². The Morgan fingerprint density at radius 3 is 2.28 bits per heavy atom. The Labute approximate surface area is 189 Å². The standard InChI is InChI=1S/C22H27F3N2O3Si2/c1-30-31-16-8-5-14(6-9-16)21(27-20(28)12-11-19(24)25)22(29)26-15-7-10-18(17(23)13-15)32(2,3)4/h5-10,13,19,21H,11-12H2,1-4H3,(H,26,29)(H,27,28). The van der Waals surface area contributed by atoms with Crippen LogP contribution in [0, 0.1) is 5.82 Å². The first kappa shape index (κ1) is 25.8. The molecule has 32 heavy (non-hydrogen) atoms. The average Bonchev–Trinajstić information content (AvgIpc) is 2.70. The lowest BCUT2D eigenvalue weighted by Crippen LogP contribution is -2.40. The van der Waals surface area contributed by atoms with Crippen molar-refractivity contribution in [3.63, 3.8) is 0 Å². The van der Waals surface area contributed by atoms with E-state index in [0.717, 1.165) is 5.19 Å². The van der Waals surface area contributed by atoms with Gasteiger partial charge in [-0.05, 0) is 28.1 Å². The highest BCUT2D eigenvalue weighted by Crippen LogP contribution is 2.18. The molecule has 0 heterocycles. The summed E-state index contributed by atoms with van der Waals surface area (Å²) in [6.07, 6.45) is -3.63. The first-order valence-electron chi connectivity index (χ1n) is 10.1. The smallest absolute Gasteiger partial charge is 0.268 e. The molecule has 0 aliphatic carbocycles. The molecule has 0 saturated carbocycles. The second-order valence-corrected chi connectivity index (χ2v) is 14.5. The molecule has 0 saturated heterocycles. The van der Waals surface area contributed by atoms with Gasteiger partial charge in [0.1, 0.15) is 11.9 Å². The Hall–Kier alpha value is -2.44. The molecule has 172 valence electrons. The number of hydrogen-bond acceptors (Lipinski definition) is 3. The van der Waals surface area contributed by atoms with Crippen LogP contribution < -0.4 is 21.0 Å². The number of anilines is 1. The van der Waals surface area contributed by atoms with Crippen molar-refractivity contribution in [3.8, 4) is 0 Å². The Morgan fingerprint density at radius 1 is 1.09 bits per heavy atom. The maximum absolute atomic E-state index is 14.6. The van der Waals surface area contributed by atoms with E-state index in [1.807, 2.05) is 19.6 Å². The van der Waals surface area contributed by atoms with Gasteiger partial charge in [0.2, 0.25) is 12.3 Å². The molecule has 2 radical (unpaired) electrons. The summed E-state index contributed by atoms with van der Waals surface area (Å²) in [5.74, 6) is -1.67. The summed E-state index contributed by atoms with van der Waals surface area (Å²) in [5.41, 5.74) is 0.718. The Kier molecular flexibility index (Phi) is 9.23. The van der Waals surface area contributed by atoms with Crippen molar-refractivity contribution in [1.29, 1.82) is 0 Å². The van der Waals surface area contributed by atoms with Gasteiger partial charge in [-0.25, -0.2) is 13.2 Å². The molecule has 0 bridgehead atoms. The monoisotopic (exact) mass is 480 g/mol. The molecule has 2 amide bonds. The summed E-state index contributed by atoms with van der Waals surface area (Å²) in [4.78, 5) is 25.1. The largest absolute Gasteiger partial charge is 0.415 e. The molecule has 10 heteroatoms. The number of carbonyl (C=O) groups excluding carboxylic acids is 2. The molecule has 2 rings (SSSR count). The van der Waals surface area contributed by atoms with Crippen molar-refractivity contribution in [2.24, 2.45) is 0 Å². The van der Waals surface area contributed by atoms with Gasteiger partial charge >= 0.3 is 0 Å². The van der Waals surface area contributed by atoms with Crippen molar-refractivity contribution in [2.75, 3.05) is 12.4 Å². The quantitative estimate of drug-likeness (QED) is 0.514. The van der Waals surface area contributed by atoms with Crippen molar-refractivity contribution >= 4 is 45.7 Å². The van der Waals surface area contributed by atoms with Crippen LogP contribution in [0.25, 0.3) is 0 Å². The summed E-state index contributed by atoms with van der Waals surface area (Å²) in [6, 6.07) is 10.2. The molecule has 2 N–H and O–H groups in total. The summed E-state index contributed by atoms with van der Waals surface area (Å²) in [7, 11) is -0.190. The summed E-state index contributed by atoms with van der Waals surface area (Å²) in [5, 5.41) is 6.66. The molecular formula is C22H27F3N2O3Si2. The van der Waals surface area contributed by atoms with Crippen LogP contribution in [0.2, 0.25) is 19.6 Å². The van der Waals surface area contributed by atoms with Crippen molar-refractivity contribution in [3.05, 3.63) is 53.8 Å². The fraction of sp³-hybridized carbons (Fsp3) is 0.364. The molecule has 1 atom stereocenters. The van der Waals surface area contributed by atoms with Crippen LogP contribution in [0.15, 0.2) is 42.5 Å². The van der Waals surface area contributed by atoms with Crippen LogP contribution in [-0.4, -0.2) is 43.2 Å². The number of rotatable bonds is 10. The van der Waals surface area contributed by atoms with Crippen LogP contribution in [-0.2, 0) is 14.0 Å². The SMILES string of the molecule is CO[Si]c1ccc(C(NC(=O)CCC(F)F)C(=O)Nc2ccc([Si](C)(C)C)c(F)c2)cc1. The highest BCUT2D eigenvalue weighted by atomic mass is 28.3. The summed E-state index contributed by atoms with van der Waals surface area (Å²) < 4.78 is 44.6. The Morgan fingerprint density at radius 2 is 1.75 bits per heavy atom. The number of hydrogen-bond donors (Lipinski definition) is 2. The third-order valence-electron chi connectivity index (χ3n) is 4.67. The first-order valence-corrected chi connectivity index (χ1v) is 14.5. The highest BCUT2D eigenvalue weighted by Gasteiger charge is 2.25. The van der Waals surface area contributed by atoms with E-state index in [9.17, 15) is 22.8 Å². The van der Waals surface area contributed by atoms with E-state index in [0.29, 0.717) is 10.8 Å². The van der Waals surface area contributed by atoms with Crippen molar-refractivity contribution in [2.45, 2.75) is 44.9 Å². The summed E-state index contributed by atoms with van der Waals surface area (Å²) >= 11 is 0. The van der Waals surface area contributed by atoms with E-state index in [-0.39, 0.29) is 15.5 Å². The molecule has 2 aromatic carbocycles. The fourth-order valence-corrected chi connectivity index (χ4v) is 4.96.